The summed E-state index contributed by atoms with van der Waals surface area (Å²) in [5.74, 6) is 1.71. The lowest BCUT2D eigenvalue weighted by Gasteiger charge is -2.38. The fourth-order valence-corrected chi connectivity index (χ4v) is 5.56. The Morgan fingerprint density at radius 2 is 1.41 bits per heavy atom. The highest BCUT2D eigenvalue weighted by Gasteiger charge is 2.31. The molecule has 1 nitrogen and oxygen atoms in total. The molecule has 152 valence electrons. The van der Waals surface area contributed by atoms with E-state index in [1.807, 2.05) is 0 Å². The van der Waals surface area contributed by atoms with E-state index in [0.717, 1.165) is 36.2 Å². The van der Waals surface area contributed by atoms with Gasteiger partial charge in [-0.25, -0.2) is 8.78 Å². The first-order chi connectivity index (χ1) is 13.1. The fraction of sp³-hybridized carbons (Fsp3) is 0.750. The normalized spacial score (nSPS) is 29.0. The van der Waals surface area contributed by atoms with E-state index in [4.69, 9.17) is 5.11 Å². The minimum atomic E-state index is -0.601. The van der Waals surface area contributed by atoms with Gasteiger partial charge in [0.25, 0.3) is 0 Å². The molecule has 0 aromatic heterocycles. The van der Waals surface area contributed by atoms with Crippen molar-refractivity contribution >= 4 is 0 Å². The third-order valence-electron chi connectivity index (χ3n) is 7.34. The number of hydrogen-bond acceptors (Lipinski definition) is 1. The summed E-state index contributed by atoms with van der Waals surface area (Å²) in [6.07, 6.45) is 15.6. The molecule has 1 aromatic rings. The van der Waals surface area contributed by atoms with E-state index >= 15 is 0 Å². The third-order valence-corrected chi connectivity index (χ3v) is 7.34. The first-order valence-corrected chi connectivity index (χ1v) is 11.2. The molecule has 1 N–H and O–H groups in total. The molecule has 0 amide bonds. The van der Waals surface area contributed by atoms with E-state index in [9.17, 15) is 8.78 Å². The summed E-state index contributed by atoms with van der Waals surface area (Å²) in [6.45, 7) is 1.70. The van der Waals surface area contributed by atoms with Gasteiger partial charge in [-0.1, -0.05) is 45.4 Å². The number of aliphatic hydroxyl groups is 1. The van der Waals surface area contributed by atoms with Crippen LogP contribution in [-0.4, -0.2) is 5.11 Å². The molecule has 2 aliphatic rings. The van der Waals surface area contributed by atoms with E-state index in [-0.39, 0.29) is 11.5 Å². The maximum Gasteiger partial charge on any atom is 0.131 e. The van der Waals surface area contributed by atoms with Gasteiger partial charge in [0.15, 0.2) is 0 Å². The van der Waals surface area contributed by atoms with Crippen LogP contribution in [0.15, 0.2) is 12.1 Å². The van der Waals surface area contributed by atoms with Crippen molar-refractivity contribution in [3.05, 3.63) is 34.9 Å². The summed E-state index contributed by atoms with van der Waals surface area (Å²) in [4.78, 5) is 0. The van der Waals surface area contributed by atoms with Gasteiger partial charge < -0.3 is 5.11 Å². The summed E-state index contributed by atoms with van der Waals surface area (Å²) < 4.78 is 28.0. The third kappa shape index (κ3) is 5.31. The number of benzene rings is 1. The van der Waals surface area contributed by atoms with Crippen LogP contribution in [0.3, 0.4) is 0 Å². The molecular formula is C24H36F2O. The van der Waals surface area contributed by atoms with E-state index in [2.05, 4.69) is 6.92 Å². The highest BCUT2D eigenvalue weighted by molar-refractivity contribution is 5.28. The topological polar surface area (TPSA) is 20.2 Å². The summed E-state index contributed by atoms with van der Waals surface area (Å²) >= 11 is 0. The van der Waals surface area contributed by atoms with Gasteiger partial charge >= 0.3 is 0 Å². The van der Waals surface area contributed by atoms with Crippen LogP contribution in [0, 0.1) is 29.4 Å². The second-order valence-corrected chi connectivity index (χ2v) is 9.01. The van der Waals surface area contributed by atoms with Crippen molar-refractivity contribution in [2.24, 2.45) is 17.8 Å². The number of hydrogen-bond donors (Lipinski definition) is 1. The second-order valence-electron chi connectivity index (χ2n) is 9.01. The monoisotopic (exact) mass is 378 g/mol. The van der Waals surface area contributed by atoms with Crippen LogP contribution in [0.25, 0.3) is 0 Å². The van der Waals surface area contributed by atoms with E-state index in [0.29, 0.717) is 0 Å². The lowest BCUT2D eigenvalue weighted by molar-refractivity contribution is 0.155. The molecule has 2 aliphatic carbocycles. The fourth-order valence-electron chi connectivity index (χ4n) is 5.56. The molecule has 27 heavy (non-hydrogen) atoms. The van der Waals surface area contributed by atoms with Crippen LogP contribution in [0.4, 0.5) is 8.78 Å². The number of halogens is 2. The van der Waals surface area contributed by atoms with Gasteiger partial charge in [-0.2, -0.15) is 0 Å². The molecular weight excluding hydrogens is 342 g/mol. The van der Waals surface area contributed by atoms with Crippen LogP contribution in [0.2, 0.25) is 0 Å². The predicted molar refractivity (Wildman–Crippen MR) is 107 cm³/mol. The zero-order valence-corrected chi connectivity index (χ0v) is 16.9. The number of aliphatic hydroxyl groups excluding tert-OH is 1. The van der Waals surface area contributed by atoms with Gasteiger partial charge in [0.1, 0.15) is 11.6 Å². The zero-order chi connectivity index (χ0) is 19.2. The Bertz CT molecular complexity index is 561. The lowest BCUT2D eigenvalue weighted by Crippen LogP contribution is -2.25. The highest BCUT2D eigenvalue weighted by atomic mass is 19.1. The molecule has 3 rings (SSSR count). The summed E-state index contributed by atoms with van der Waals surface area (Å²) in [5.41, 5.74) is 0.573. The van der Waals surface area contributed by atoms with E-state index in [1.54, 1.807) is 0 Å². The molecule has 2 fully saturated rings. The zero-order valence-electron chi connectivity index (χ0n) is 16.9. The Morgan fingerprint density at radius 1 is 0.852 bits per heavy atom. The Hall–Kier alpha value is -0.960. The van der Waals surface area contributed by atoms with Crippen LogP contribution >= 0.6 is 0 Å². The summed E-state index contributed by atoms with van der Waals surface area (Å²) in [7, 11) is 0. The van der Waals surface area contributed by atoms with Crippen molar-refractivity contribution in [1.82, 2.24) is 0 Å². The van der Waals surface area contributed by atoms with Gasteiger partial charge in [-0.15, -0.1) is 0 Å². The van der Waals surface area contributed by atoms with Crippen molar-refractivity contribution in [3.8, 4) is 0 Å². The van der Waals surface area contributed by atoms with Crippen LogP contribution in [-0.2, 0) is 6.61 Å². The Labute approximate surface area is 163 Å². The van der Waals surface area contributed by atoms with Crippen LogP contribution in [0.1, 0.15) is 101 Å². The van der Waals surface area contributed by atoms with Gasteiger partial charge in [-0.3, -0.25) is 0 Å². The molecule has 0 spiro atoms. The van der Waals surface area contributed by atoms with Gasteiger partial charge in [-0.05, 0) is 79.9 Å². The van der Waals surface area contributed by atoms with Crippen molar-refractivity contribution in [3.63, 3.8) is 0 Å². The maximum atomic E-state index is 14.0. The highest BCUT2D eigenvalue weighted by Crippen LogP contribution is 2.44. The van der Waals surface area contributed by atoms with Crippen molar-refractivity contribution < 1.29 is 13.9 Å². The number of unbranched alkanes of at least 4 members (excludes halogenated alkanes) is 2. The molecule has 0 unspecified atom stereocenters. The number of rotatable bonds is 7. The Kier molecular flexibility index (Phi) is 7.69. The Balaban J connectivity index is 1.47. The van der Waals surface area contributed by atoms with Crippen molar-refractivity contribution in [2.45, 2.75) is 96.5 Å². The average molecular weight is 379 g/mol. The summed E-state index contributed by atoms with van der Waals surface area (Å²) in [5, 5.41) is 9.08. The molecule has 2 saturated carbocycles. The quantitative estimate of drug-likeness (QED) is 0.501. The van der Waals surface area contributed by atoms with Gasteiger partial charge in [0.2, 0.25) is 0 Å². The van der Waals surface area contributed by atoms with Crippen molar-refractivity contribution in [1.29, 1.82) is 0 Å². The van der Waals surface area contributed by atoms with E-state index in [1.165, 1.54) is 76.3 Å². The maximum absolute atomic E-state index is 14.0. The molecule has 1 aromatic carbocycles. The van der Waals surface area contributed by atoms with E-state index < -0.39 is 18.2 Å². The van der Waals surface area contributed by atoms with Gasteiger partial charge in [0, 0.05) is 5.56 Å². The minimum Gasteiger partial charge on any atom is -0.391 e. The standard InChI is InChI=1S/C24H36F2O/c1-2-3-4-5-17-6-8-18(9-7-17)19-10-12-20(13-11-19)21-14-23(25)22(16-27)24(26)15-21/h14-15,17-20,27H,2-13,16H2,1H3. The smallest absolute Gasteiger partial charge is 0.131 e. The molecule has 0 bridgehead atoms. The molecule has 0 heterocycles. The molecule has 0 atom stereocenters. The average Bonchev–Trinajstić information content (AvgIpc) is 2.69. The molecule has 0 aliphatic heterocycles. The van der Waals surface area contributed by atoms with Crippen LogP contribution in [0.5, 0.6) is 0 Å². The summed E-state index contributed by atoms with van der Waals surface area (Å²) in [6, 6.07) is 2.89. The Morgan fingerprint density at radius 3 is 1.93 bits per heavy atom. The second kappa shape index (κ2) is 10.0. The van der Waals surface area contributed by atoms with Crippen molar-refractivity contribution in [2.75, 3.05) is 0 Å². The van der Waals surface area contributed by atoms with Gasteiger partial charge in [0.05, 0.1) is 6.61 Å². The minimum absolute atomic E-state index is 0.205. The molecule has 0 saturated heterocycles. The first kappa shape index (κ1) is 20.8. The SMILES string of the molecule is CCCCCC1CCC(C2CCC(c3cc(F)c(CO)c(F)c3)CC2)CC1. The first-order valence-electron chi connectivity index (χ1n) is 11.2. The predicted octanol–water partition coefficient (Wildman–Crippen LogP) is 7.12. The molecule has 0 radical (unpaired) electrons. The van der Waals surface area contributed by atoms with Crippen LogP contribution < -0.4 is 0 Å². The molecule has 3 heteroatoms. The lowest BCUT2D eigenvalue weighted by atomic mass is 9.68. The largest absolute Gasteiger partial charge is 0.391 e.